The van der Waals surface area contributed by atoms with Crippen LogP contribution in [0.4, 0.5) is 20.5 Å². The number of carbonyl (C=O) groups is 1. The van der Waals surface area contributed by atoms with E-state index in [0.717, 1.165) is 0 Å². The molecule has 46 heavy (non-hydrogen) atoms. The summed E-state index contributed by atoms with van der Waals surface area (Å²) < 4.78 is 31.6. The highest BCUT2D eigenvalue weighted by Gasteiger charge is 2.45. The van der Waals surface area contributed by atoms with Crippen molar-refractivity contribution in [1.82, 2.24) is 24.8 Å². The fraction of sp³-hybridized carbons (Fsp3) is 0.353. The number of pyridine rings is 1. The maximum Gasteiger partial charge on any atom is 0.246 e. The van der Waals surface area contributed by atoms with Gasteiger partial charge in [-0.3, -0.25) is 9.78 Å². The number of anilines is 2. The number of terminal acetylenes is 1. The van der Waals surface area contributed by atoms with Gasteiger partial charge in [-0.2, -0.15) is 4.98 Å². The minimum absolute atomic E-state index is 0.0301. The second kappa shape index (κ2) is 11.5. The quantitative estimate of drug-likeness (QED) is 0.235. The van der Waals surface area contributed by atoms with Crippen molar-refractivity contribution in [3.8, 4) is 29.4 Å². The Hall–Kier alpha value is -4.86. The SMILES string of the molecule is C#Cc1c(F)ccc2cc(O)cc(-c3ncc4c(N(C)C[C@H]5N(C(=O)C=C)CCC5(C)O)nc(N5CC(N(C)C)C5)nc4c3F)c12. The Morgan fingerprint density at radius 2 is 1.98 bits per heavy atom. The predicted octanol–water partition coefficient (Wildman–Crippen LogP) is 3.53. The van der Waals surface area contributed by atoms with Crippen molar-refractivity contribution in [1.29, 1.82) is 0 Å². The number of rotatable bonds is 7. The predicted molar refractivity (Wildman–Crippen MR) is 174 cm³/mol. The van der Waals surface area contributed by atoms with Gasteiger partial charge in [0.2, 0.25) is 11.9 Å². The van der Waals surface area contributed by atoms with E-state index in [4.69, 9.17) is 11.4 Å². The number of likely N-dealkylation sites (tertiary alicyclic amines) is 1. The van der Waals surface area contributed by atoms with Crippen LogP contribution in [0, 0.1) is 24.0 Å². The number of likely N-dealkylation sites (N-methyl/N-ethyl adjacent to an activating group) is 2. The molecule has 2 atom stereocenters. The van der Waals surface area contributed by atoms with Gasteiger partial charge in [0, 0.05) is 56.4 Å². The molecule has 0 aliphatic carbocycles. The molecule has 1 amide bonds. The highest BCUT2D eigenvalue weighted by Crippen LogP contribution is 2.39. The second-order valence-corrected chi connectivity index (χ2v) is 12.5. The molecule has 2 N–H and O–H groups in total. The number of aromatic hydroxyl groups is 1. The van der Waals surface area contributed by atoms with Crippen LogP contribution in [0.3, 0.4) is 0 Å². The molecule has 6 rings (SSSR count). The van der Waals surface area contributed by atoms with Crippen LogP contribution in [0.15, 0.2) is 43.1 Å². The van der Waals surface area contributed by atoms with Crippen molar-refractivity contribution in [3.05, 3.63) is 60.3 Å². The molecule has 0 spiro atoms. The molecule has 4 aromatic rings. The van der Waals surface area contributed by atoms with E-state index in [9.17, 15) is 19.4 Å². The first kappa shape index (κ1) is 31.1. The second-order valence-electron chi connectivity index (χ2n) is 12.5. The Bertz CT molecular complexity index is 1930. The Morgan fingerprint density at radius 3 is 2.65 bits per heavy atom. The average Bonchev–Trinajstić information content (AvgIpc) is 3.28. The van der Waals surface area contributed by atoms with Crippen molar-refractivity contribution >= 4 is 39.3 Å². The van der Waals surface area contributed by atoms with Gasteiger partial charge in [-0.1, -0.05) is 18.6 Å². The summed E-state index contributed by atoms with van der Waals surface area (Å²) in [6, 6.07) is 5.07. The summed E-state index contributed by atoms with van der Waals surface area (Å²) in [5.41, 5.74) is -1.32. The van der Waals surface area contributed by atoms with E-state index < -0.39 is 23.3 Å². The topological polar surface area (TPSA) is 109 Å². The summed E-state index contributed by atoms with van der Waals surface area (Å²) in [5.74, 6) is 1.10. The number of carbonyl (C=O) groups excluding carboxylic acids is 1. The summed E-state index contributed by atoms with van der Waals surface area (Å²) >= 11 is 0. The largest absolute Gasteiger partial charge is 0.508 e. The molecule has 2 fully saturated rings. The van der Waals surface area contributed by atoms with Gasteiger partial charge in [0.05, 0.1) is 22.6 Å². The van der Waals surface area contributed by atoms with Crippen molar-refractivity contribution in [2.45, 2.75) is 31.0 Å². The van der Waals surface area contributed by atoms with E-state index in [1.807, 2.05) is 19.0 Å². The minimum Gasteiger partial charge on any atom is -0.508 e. The third kappa shape index (κ3) is 5.15. The smallest absolute Gasteiger partial charge is 0.246 e. The van der Waals surface area contributed by atoms with E-state index in [1.54, 1.807) is 23.8 Å². The van der Waals surface area contributed by atoms with E-state index in [2.05, 4.69) is 27.4 Å². The summed E-state index contributed by atoms with van der Waals surface area (Å²) in [6.45, 7) is 7.09. The van der Waals surface area contributed by atoms with E-state index >= 15 is 4.39 Å². The van der Waals surface area contributed by atoms with Crippen LogP contribution >= 0.6 is 0 Å². The molecule has 238 valence electrons. The molecule has 2 aromatic heterocycles. The highest BCUT2D eigenvalue weighted by molar-refractivity contribution is 6.03. The zero-order valence-electron chi connectivity index (χ0n) is 26.1. The van der Waals surface area contributed by atoms with Crippen LogP contribution in [0.5, 0.6) is 5.75 Å². The summed E-state index contributed by atoms with van der Waals surface area (Å²) in [4.78, 5) is 34.0. The van der Waals surface area contributed by atoms with E-state index in [0.29, 0.717) is 48.6 Å². The monoisotopic (exact) mass is 627 g/mol. The molecular weight excluding hydrogens is 592 g/mol. The fourth-order valence-corrected chi connectivity index (χ4v) is 6.38. The molecule has 12 heteroatoms. The molecule has 4 heterocycles. The number of nitrogens with zero attached hydrogens (tertiary/aromatic N) is 7. The van der Waals surface area contributed by atoms with Gasteiger partial charge < -0.3 is 29.8 Å². The minimum atomic E-state index is -1.17. The number of amides is 1. The lowest BCUT2D eigenvalue weighted by molar-refractivity contribution is -0.128. The molecule has 1 unspecified atom stereocenters. The molecule has 2 aromatic carbocycles. The first-order valence-electron chi connectivity index (χ1n) is 14.9. The lowest BCUT2D eigenvalue weighted by Gasteiger charge is -2.43. The number of halogens is 2. The maximum absolute atomic E-state index is 16.8. The molecule has 10 nitrogen and oxygen atoms in total. The molecule has 0 saturated carbocycles. The molecular formula is C34H35F2N7O3. The van der Waals surface area contributed by atoms with Crippen molar-refractivity contribution in [3.63, 3.8) is 0 Å². The Kier molecular flexibility index (Phi) is 7.78. The van der Waals surface area contributed by atoms with Gasteiger partial charge in [-0.25, -0.2) is 13.8 Å². The normalized spacial score (nSPS) is 19.9. The average molecular weight is 628 g/mol. The van der Waals surface area contributed by atoms with Gasteiger partial charge in [0.1, 0.15) is 28.6 Å². The number of hydrogen-bond acceptors (Lipinski definition) is 9. The standard InChI is InChI=1S/C34H35F2N7O3/c1-7-22-25(35)10-9-19-13-21(44)14-23(28(19)22)30-29(36)31-24(15-37-30)32(39-33(38-31)42-16-20(17-42)40(4)5)41(6)18-26-34(3,46)11-12-43(26)27(45)8-2/h1,8-10,13-15,20,26,44,46H,2,11-12,16-18H2,3-6H3/t26-,34?/m1/s1. The first-order valence-corrected chi connectivity index (χ1v) is 14.9. The first-order chi connectivity index (χ1) is 21.8. The molecule has 0 radical (unpaired) electrons. The van der Waals surface area contributed by atoms with Gasteiger partial charge in [0.25, 0.3) is 0 Å². The number of aromatic nitrogens is 3. The number of fused-ring (bicyclic) bond motifs is 2. The van der Waals surface area contributed by atoms with E-state index in [1.165, 1.54) is 36.5 Å². The van der Waals surface area contributed by atoms with Crippen LogP contribution in [0.25, 0.3) is 32.9 Å². The van der Waals surface area contributed by atoms with Crippen molar-refractivity contribution < 1.29 is 23.8 Å². The van der Waals surface area contributed by atoms with E-state index in [-0.39, 0.29) is 52.0 Å². The Morgan fingerprint density at radius 1 is 1.24 bits per heavy atom. The number of phenolic OH excluding ortho intramolecular Hbond substituents is 1. The summed E-state index contributed by atoms with van der Waals surface area (Å²) in [5, 5.41) is 22.7. The van der Waals surface area contributed by atoms with Crippen LogP contribution < -0.4 is 9.80 Å². The number of hydrogen-bond donors (Lipinski definition) is 2. The van der Waals surface area contributed by atoms with Crippen LogP contribution in [0.1, 0.15) is 18.9 Å². The lowest BCUT2D eigenvalue weighted by atomic mass is 9.95. The zero-order chi connectivity index (χ0) is 33.1. The van der Waals surface area contributed by atoms with Crippen LogP contribution in [0.2, 0.25) is 0 Å². The number of aliphatic hydroxyl groups is 1. The van der Waals surface area contributed by atoms with Gasteiger partial charge in [-0.05, 0) is 57.1 Å². The van der Waals surface area contributed by atoms with Crippen molar-refractivity contribution in [2.75, 3.05) is 57.1 Å². The maximum atomic E-state index is 16.8. The third-order valence-electron chi connectivity index (χ3n) is 9.20. The molecule has 0 bridgehead atoms. The number of benzene rings is 2. The van der Waals surface area contributed by atoms with Crippen molar-refractivity contribution in [2.24, 2.45) is 0 Å². The lowest BCUT2D eigenvalue weighted by Crippen LogP contribution is -2.58. The summed E-state index contributed by atoms with van der Waals surface area (Å²) in [7, 11) is 5.72. The molecule has 2 aliphatic rings. The fourth-order valence-electron chi connectivity index (χ4n) is 6.38. The molecule has 2 aliphatic heterocycles. The highest BCUT2D eigenvalue weighted by atomic mass is 19.1. The van der Waals surface area contributed by atoms with Gasteiger partial charge in [-0.15, -0.1) is 6.42 Å². The van der Waals surface area contributed by atoms with Gasteiger partial charge >= 0.3 is 0 Å². The summed E-state index contributed by atoms with van der Waals surface area (Å²) in [6.07, 6.45) is 8.71. The Labute approximate surface area is 265 Å². The third-order valence-corrected chi connectivity index (χ3v) is 9.20. The molecule has 2 saturated heterocycles. The zero-order valence-corrected chi connectivity index (χ0v) is 26.1. The number of phenols is 1. The Balaban J connectivity index is 1.52. The van der Waals surface area contributed by atoms with Crippen LogP contribution in [-0.4, -0.2) is 106 Å². The van der Waals surface area contributed by atoms with Gasteiger partial charge in [0.15, 0.2) is 5.82 Å². The van der Waals surface area contributed by atoms with Crippen LogP contribution in [-0.2, 0) is 4.79 Å².